The zero-order valence-corrected chi connectivity index (χ0v) is 10.4. The van der Waals surface area contributed by atoms with Gasteiger partial charge in [-0.2, -0.15) is 0 Å². The molecule has 1 aromatic rings. The van der Waals surface area contributed by atoms with Crippen molar-refractivity contribution in [2.45, 2.75) is 6.92 Å². The van der Waals surface area contributed by atoms with Gasteiger partial charge in [0.1, 0.15) is 5.57 Å². The SMILES string of the molecule is CCOC(=O)C1=C(Nc2ccccc2)C(N)=NC1=N. The number of aliphatic imine (C=N–C) groups is 1. The normalized spacial score (nSPS) is 14.4. The van der Waals surface area contributed by atoms with Crippen LogP contribution >= 0.6 is 0 Å². The minimum Gasteiger partial charge on any atom is -0.462 e. The van der Waals surface area contributed by atoms with Crippen molar-refractivity contribution in [3.8, 4) is 0 Å². The van der Waals surface area contributed by atoms with Gasteiger partial charge in [-0.25, -0.2) is 9.79 Å². The van der Waals surface area contributed by atoms with E-state index in [0.717, 1.165) is 5.69 Å². The second-order valence-corrected chi connectivity index (χ2v) is 3.81. The van der Waals surface area contributed by atoms with Crippen molar-refractivity contribution in [2.24, 2.45) is 10.7 Å². The first-order valence-corrected chi connectivity index (χ1v) is 5.80. The average molecular weight is 258 g/mol. The molecule has 0 aromatic heterocycles. The van der Waals surface area contributed by atoms with Crippen molar-refractivity contribution >= 4 is 23.3 Å². The largest absolute Gasteiger partial charge is 0.462 e. The molecule has 2 rings (SSSR count). The van der Waals surface area contributed by atoms with E-state index in [2.05, 4.69) is 10.3 Å². The Morgan fingerprint density at radius 2 is 2.11 bits per heavy atom. The van der Waals surface area contributed by atoms with Gasteiger partial charge in [0.2, 0.25) is 0 Å². The second kappa shape index (κ2) is 5.34. The van der Waals surface area contributed by atoms with Gasteiger partial charge in [0, 0.05) is 5.69 Å². The zero-order chi connectivity index (χ0) is 13.8. The highest BCUT2D eigenvalue weighted by Gasteiger charge is 2.29. The first kappa shape index (κ1) is 12.8. The van der Waals surface area contributed by atoms with E-state index in [9.17, 15) is 4.79 Å². The molecular weight excluding hydrogens is 244 g/mol. The molecule has 6 nitrogen and oxygen atoms in total. The molecule has 1 aliphatic rings. The lowest BCUT2D eigenvalue weighted by atomic mass is 10.2. The van der Waals surface area contributed by atoms with Crippen LogP contribution in [0.2, 0.25) is 0 Å². The van der Waals surface area contributed by atoms with E-state index in [0.29, 0.717) is 5.70 Å². The van der Waals surface area contributed by atoms with E-state index in [1.165, 1.54) is 0 Å². The number of hydrogen-bond donors (Lipinski definition) is 3. The number of nitrogens with one attached hydrogen (secondary N) is 2. The number of anilines is 1. The Labute approximate surface area is 110 Å². The van der Waals surface area contributed by atoms with Crippen LogP contribution in [0.15, 0.2) is 46.6 Å². The summed E-state index contributed by atoms with van der Waals surface area (Å²) >= 11 is 0. The predicted molar refractivity (Wildman–Crippen MR) is 73.1 cm³/mol. The van der Waals surface area contributed by atoms with Crippen LogP contribution in [0.25, 0.3) is 0 Å². The molecule has 6 heteroatoms. The molecule has 1 aromatic carbocycles. The van der Waals surface area contributed by atoms with Crippen LogP contribution in [0.5, 0.6) is 0 Å². The molecule has 0 aliphatic carbocycles. The minimum atomic E-state index is -0.602. The van der Waals surface area contributed by atoms with Gasteiger partial charge < -0.3 is 15.8 Å². The molecular formula is C13H14N4O2. The molecule has 0 radical (unpaired) electrons. The van der Waals surface area contributed by atoms with Crippen LogP contribution in [0.4, 0.5) is 5.69 Å². The Kier molecular flexibility index (Phi) is 3.61. The lowest BCUT2D eigenvalue weighted by molar-refractivity contribution is -0.137. The molecule has 0 atom stereocenters. The summed E-state index contributed by atoms with van der Waals surface area (Å²) in [6, 6.07) is 9.22. The van der Waals surface area contributed by atoms with Gasteiger partial charge in [0.25, 0.3) is 0 Å². The molecule has 19 heavy (non-hydrogen) atoms. The third-order valence-corrected chi connectivity index (χ3v) is 2.50. The molecule has 0 fully saturated rings. The zero-order valence-electron chi connectivity index (χ0n) is 10.4. The van der Waals surface area contributed by atoms with Gasteiger partial charge in [-0.15, -0.1) is 0 Å². The van der Waals surface area contributed by atoms with Gasteiger partial charge in [-0.05, 0) is 19.1 Å². The monoisotopic (exact) mass is 258 g/mol. The topological polar surface area (TPSA) is 101 Å². The predicted octanol–water partition coefficient (Wildman–Crippen LogP) is 1.26. The Balaban J connectivity index is 2.34. The highest BCUT2D eigenvalue weighted by Crippen LogP contribution is 2.19. The van der Waals surface area contributed by atoms with E-state index in [4.69, 9.17) is 15.9 Å². The third kappa shape index (κ3) is 2.62. The number of esters is 1. The summed E-state index contributed by atoms with van der Waals surface area (Å²) in [5.74, 6) is -0.679. The molecule has 98 valence electrons. The quantitative estimate of drug-likeness (QED) is 0.708. The average Bonchev–Trinajstić information content (AvgIpc) is 2.66. The Morgan fingerprint density at radius 1 is 1.42 bits per heavy atom. The number of nitrogens with zero attached hydrogens (tertiary/aromatic N) is 1. The summed E-state index contributed by atoms with van der Waals surface area (Å²) in [4.78, 5) is 15.6. The summed E-state index contributed by atoms with van der Waals surface area (Å²) in [6.45, 7) is 1.93. The number of amidine groups is 2. The van der Waals surface area contributed by atoms with E-state index in [1.54, 1.807) is 6.92 Å². The lowest BCUT2D eigenvalue weighted by Crippen LogP contribution is -2.21. The maximum atomic E-state index is 11.8. The smallest absolute Gasteiger partial charge is 0.344 e. The molecule has 0 saturated carbocycles. The van der Waals surface area contributed by atoms with Gasteiger partial charge in [-0.3, -0.25) is 5.41 Å². The number of para-hydroxylation sites is 1. The minimum absolute atomic E-state index is 0.0585. The molecule has 0 amide bonds. The van der Waals surface area contributed by atoms with Crippen molar-refractivity contribution in [1.82, 2.24) is 0 Å². The Bertz CT molecular complexity index is 576. The van der Waals surface area contributed by atoms with Crippen LogP contribution in [0.1, 0.15) is 6.92 Å². The summed E-state index contributed by atoms with van der Waals surface area (Å²) < 4.78 is 4.91. The van der Waals surface area contributed by atoms with Crippen molar-refractivity contribution in [3.63, 3.8) is 0 Å². The van der Waals surface area contributed by atoms with Crippen molar-refractivity contribution in [1.29, 1.82) is 5.41 Å². The molecule has 4 N–H and O–H groups in total. The highest BCUT2D eigenvalue weighted by molar-refractivity contribution is 6.31. The van der Waals surface area contributed by atoms with Gasteiger partial charge >= 0.3 is 5.97 Å². The van der Waals surface area contributed by atoms with Crippen LogP contribution in [0.3, 0.4) is 0 Å². The van der Waals surface area contributed by atoms with Gasteiger partial charge in [0.05, 0.1) is 12.3 Å². The molecule has 0 spiro atoms. The summed E-state index contributed by atoms with van der Waals surface area (Å²) in [7, 11) is 0. The fourth-order valence-corrected chi connectivity index (χ4v) is 1.67. The Morgan fingerprint density at radius 3 is 2.74 bits per heavy atom. The van der Waals surface area contributed by atoms with Gasteiger partial charge in [-0.1, -0.05) is 18.2 Å². The summed E-state index contributed by atoms with van der Waals surface area (Å²) in [5.41, 5.74) is 6.85. The first-order valence-electron chi connectivity index (χ1n) is 5.80. The maximum absolute atomic E-state index is 11.8. The Hall–Kier alpha value is -2.63. The molecule has 0 unspecified atom stereocenters. The number of rotatable bonds is 4. The number of benzene rings is 1. The highest BCUT2D eigenvalue weighted by atomic mass is 16.5. The number of hydrogen-bond acceptors (Lipinski definition) is 5. The molecule has 1 heterocycles. The fraction of sp³-hybridized carbons (Fsp3) is 0.154. The van der Waals surface area contributed by atoms with E-state index >= 15 is 0 Å². The molecule has 1 aliphatic heterocycles. The number of carbonyl (C=O) groups is 1. The first-order chi connectivity index (χ1) is 9.13. The van der Waals surface area contributed by atoms with Crippen LogP contribution in [-0.4, -0.2) is 24.2 Å². The maximum Gasteiger partial charge on any atom is 0.344 e. The summed E-state index contributed by atoms with van der Waals surface area (Å²) in [5, 5.41) is 10.7. The third-order valence-electron chi connectivity index (χ3n) is 2.50. The van der Waals surface area contributed by atoms with Crippen molar-refractivity contribution < 1.29 is 9.53 Å². The fourth-order valence-electron chi connectivity index (χ4n) is 1.67. The van der Waals surface area contributed by atoms with Crippen LogP contribution in [-0.2, 0) is 9.53 Å². The van der Waals surface area contributed by atoms with E-state index < -0.39 is 5.97 Å². The number of nitrogens with two attached hydrogens (primary N) is 1. The van der Waals surface area contributed by atoms with Crippen molar-refractivity contribution in [2.75, 3.05) is 11.9 Å². The summed E-state index contributed by atoms with van der Waals surface area (Å²) in [6.07, 6.45) is 0. The van der Waals surface area contributed by atoms with Crippen LogP contribution < -0.4 is 11.1 Å². The second-order valence-electron chi connectivity index (χ2n) is 3.81. The number of carbonyl (C=O) groups excluding carboxylic acids is 1. The van der Waals surface area contributed by atoms with E-state index in [-0.39, 0.29) is 23.9 Å². The molecule has 0 saturated heterocycles. The van der Waals surface area contributed by atoms with Gasteiger partial charge in [0.15, 0.2) is 11.7 Å². The molecule has 0 bridgehead atoms. The van der Waals surface area contributed by atoms with Crippen molar-refractivity contribution in [3.05, 3.63) is 41.6 Å². The number of ether oxygens (including phenoxy) is 1. The standard InChI is InChI=1S/C13H14N4O2/c1-2-19-13(18)9-10(12(15)17-11(9)14)16-8-6-4-3-5-7-8/h3-7H,2H2,1H3,(H4,14,15,16,17). The van der Waals surface area contributed by atoms with E-state index in [1.807, 2.05) is 30.3 Å². The van der Waals surface area contributed by atoms with Crippen LogP contribution in [0, 0.1) is 5.41 Å². The lowest BCUT2D eigenvalue weighted by Gasteiger charge is -2.09.